The van der Waals surface area contributed by atoms with E-state index in [1.54, 1.807) is 0 Å². The van der Waals surface area contributed by atoms with E-state index >= 15 is 0 Å². The molecule has 2 aromatic carbocycles. The van der Waals surface area contributed by atoms with E-state index in [1.165, 1.54) is 0 Å². The molecule has 4 aromatic rings. The topological polar surface area (TPSA) is 99.1 Å². The normalized spacial score (nSPS) is 17.9. The van der Waals surface area contributed by atoms with E-state index in [-0.39, 0.29) is 6.10 Å². The molecule has 182 valence electrons. The van der Waals surface area contributed by atoms with Gasteiger partial charge in [-0.15, -0.1) is 0 Å². The highest BCUT2D eigenvalue weighted by molar-refractivity contribution is 6.12. The van der Waals surface area contributed by atoms with E-state index < -0.39 is 5.79 Å². The first-order chi connectivity index (χ1) is 17.5. The largest absolute Gasteiger partial charge is 0.383 e. The molecule has 1 saturated heterocycles. The number of ether oxygens (including phenoxy) is 2. The minimum atomic E-state index is -0.612. The maximum atomic E-state index is 6.54. The number of aromatic nitrogens is 2. The molecule has 0 saturated carbocycles. The summed E-state index contributed by atoms with van der Waals surface area (Å²) in [5.74, 6) is 0.276. The van der Waals surface area contributed by atoms with Crippen molar-refractivity contribution in [1.82, 2.24) is 4.98 Å². The van der Waals surface area contributed by atoms with E-state index in [0.29, 0.717) is 24.8 Å². The lowest BCUT2D eigenvalue weighted by Gasteiger charge is -2.16. The molecule has 5 rings (SSSR count). The Morgan fingerprint density at radius 1 is 1.06 bits per heavy atom. The first kappa shape index (κ1) is 23.7. The maximum absolute atomic E-state index is 6.54. The molecule has 36 heavy (non-hydrogen) atoms. The van der Waals surface area contributed by atoms with Crippen LogP contribution in [0.1, 0.15) is 42.3 Å². The van der Waals surface area contributed by atoms with Crippen LogP contribution in [0.3, 0.4) is 0 Å². The minimum absolute atomic E-state index is 0.177. The van der Waals surface area contributed by atoms with Crippen molar-refractivity contribution >= 4 is 11.7 Å². The zero-order chi connectivity index (χ0) is 25.0. The zero-order valence-electron chi connectivity index (χ0n) is 20.4. The van der Waals surface area contributed by atoms with Gasteiger partial charge in [0.25, 0.3) is 0 Å². The summed E-state index contributed by atoms with van der Waals surface area (Å²) in [7, 11) is 0. The molecule has 4 N–H and O–H groups in total. The first-order valence-electron chi connectivity index (χ1n) is 12.0. The van der Waals surface area contributed by atoms with Gasteiger partial charge in [-0.3, -0.25) is 4.99 Å². The average molecular weight is 481 g/mol. The molecule has 3 heterocycles. The van der Waals surface area contributed by atoms with Crippen molar-refractivity contribution in [3.63, 3.8) is 0 Å². The Labute approximate surface area is 210 Å². The van der Waals surface area contributed by atoms with Crippen LogP contribution in [-0.4, -0.2) is 29.0 Å². The number of H-pyrrole nitrogens is 2. The Bertz CT molecular complexity index is 1380. The van der Waals surface area contributed by atoms with E-state index in [4.69, 9.17) is 25.2 Å². The van der Waals surface area contributed by atoms with Gasteiger partial charge in [0.05, 0.1) is 24.4 Å². The van der Waals surface area contributed by atoms with Gasteiger partial charge in [-0.25, -0.2) is 9.98 Å². The fourth-order valence-electron chi connectivity index (χ4n) is 4.19. The molecule has 0 aliphatic carbocycles. The van der Waals surface area contributed by atoms with Crippen LogP contribution in [0.4, 0.5) is 0 Å². The van der Waals surface area contributed by atoms with E-state index in [9.17, 15) is 0 Å². The number of hydrogen-bond acceptors (Lipinski definition) is 3. The van der Waals surface area contributed by atoms with Crippen LogP contribution in [0, 0.1) is 0 Å². The molecule has 0 bridgehead atoms. The van der Waals surface area contributed by atoms with Gasteiger partial charge in [-0.2, -0.15) is 0 Å². The molecular weight excluding hydrogens is 450 g/mol. The Morgan fingerprint density at radius 3 is 2.53 bits per heavy atom. The number of hydrogen-bond donors (Lipinski definition) is 2. The summed E-state index contributed by atoms with van der Waals surface area (Å²) in [5.41, 5.74) is 12.2. The molecule has 1 unspecified atom stereocenters. The summed E-state index contributed by atoms with van der Waals surface area (Å²) in [6.45, 7) is 4.78. The van der Waals surface area contributed by atoms with Crippen molar-refractivity contribution in [2.24, 2.45) is 15.7 Å². The fraction of sp³-hybridized carbons (Fsp3) is 0.207. The number of rotatable bonds is 6. The summed E-state index contributed by atoms with van der Waals surface area (Å²) in [5, 5.41) is 0. The molecule has 2 aromatic heterocycles. The van der Waals surface area contributed by atoms with Crippen LogP contribution in [0.2, 0.25) is 0 Å². The molecule has 7 heteroatoms. The number of aromatic amines is 2. The van der Waals surface area contributed by atoms with Gasteiger partial charge in [0.1, 0.15) is 11.9 Å². The lowest BCUT2D eigenvalue weighted by Crippen LogP contribution is -2.22. The van der Waals surface area contributed by atoms with Gasteiger partial charge in [-0.1, -0.05) is 60.7 Å². The zero-order valence-corrected chi connectivity index (χ0v) is 20.4. The summed E-state index contributed by atoms with van der Waals surface area (Å²) < 4.78 is 11.7. The number of aliphatic imine (C=N–C) groups is 2. The van der Waals surface area contributed by atoms with Crippen molar-refractivity contribution in [2.45, 2.75) is 32.3 Å². The SMILES string of the molecule is CC1(C)OCC(c2c[nH+]cc(C(N)=NC(=NCc3ccccc3)c3[nH]ccc3-c3ccccc3)c2)O1. The van der Waals surface area contributed by atoms with Crippen LogP contribution < -0.4 is 10.7 Å². The fourth-order valence-corrected chi connectivity index (χ4v) is 4.19. The predicted octanol–water partition coefficient (Wildman–Crippen LogP) is 4.67. The van der Waals surface area contributed by atoms with Crippen molar-refractivity contribution < 1.29 is 14.5 Å². The molecule has 1 atom stereocenters. The number of nitrogens with two attached hydrogens (primary N) is 1. The monoisotopic (exact) mass is 480 g/mol. The molecule has 7 nitrogen and oxygen atoms in total. The highest BCUT2D eigenvalue weighted by atomic mass is 16.7. The van der Waals surface area contributed by atoms with Crippen LogP contribution in [0.15, 0.2) is 101 Å². The number of pyridine rings is 1. The third kappa shape index (κ3) is 5.43. The van der Waals surface area contributed by atoms with Gasteiger partial charge in [-0.05, 0) is 37.1 Å². The van der Waals surface area contributed by atoms with Gasteiger partial charge in [0.2, 0.25) is 0 Å². The predicted molar refractivity (Wildman–Crippen MR) is 140 cm³/mol. The van der Waals surface area contributed by atoms with Gasteiger partial charge in [0, 0.05) is 17.3 Å². The quantitative estimate of drug-likeness (QED) is 0.310. The molecular formula is C29H30N5O2+. The minimum Gasteiger partial charge on any atom is -0.383 e. The van der Waals surface area contributed by atoms with Crippen LogP contribution in [0.25, 0.3) is 11.1 Å². The molecule has 1 fully saturated rings. The van der Waals surface area contributed by atoms with Gasteiger partial charge >= 0.3 is 0 Å². The average Bonchev–Trinajstić information content (AvgIpc) is 3.54. The van der Waals surface area contributed by atoms with Crippen LogP contribution in [-0.2, 0) is 16.0 Å². The second-order valence-electron chi connectivity index (χ2n) is 9.13. The van der Waals surface area contributed by atoms with Crippen LogP contribution >= 0.6 is 0 Å². The number of nitrogens with zero attached hydrogens (tertiary/aromatic N) is 2. The number of amidine groups is 2. The highest BCUT2D eigenvalue weighted by Gasteiger charge is 2.34. The second kappa shape index (κ2) is 10.3. The summed E-state index contributed by atoms with van der Waals surface area (Å²) in [6, 6.07) is 24.3. The van der Waals surface area contributed by atoms with E-state index in [1.807, 2.05) is 93.1 Å². The lowest BCUT2D eigenvalue weighted by atomic mass is 10.1. The molecule has 1 aliphatic heterocycles. The van der Waals surface area contributed by atoms with Crippen LogP contribution in [0.5, 0.6) is 0 Å². The van der Waals surface area contributed by atoms with E-state index in [0.717, 1.165) is 33.5 Å². The molecule has 1 aliphatic rings. The third-order valence-corrected chi connectivity index (χ3v) is 6.02. The molecule has 0 amide bonds. The summed E-state index contributed by atoms with van der Waals surface area (Å²) in [4.78, 5) is 16.2. The van der Waals surface area contributed by atoms with Gasteiger partial charge in [0.15, 0.2) is 24.0 Å². The Kier molecular flexibility index (Phi) is 6.75. The molecule has 0 spiro atoms. The Balaban J connectivity index is 1.51. The van der Waals surface area contributed by atoms with E-state index in [2.05, 4.69) is 22.1 Å². The highest BCUT2D eigenvalue weighted by Crippen LogP contribution is 2.32. The first-order valence-corrected chi connectivity index (χ1v) is 12.0. The maximum Gasteiger partial charge on any atom is 0.178 e. The number of nitrogens with one attached hydrogen (secondary N) is 2. The van der Waals surface area contributed by atoms with Crippen molar-refractivity contribution in [3.05, 3.63) is 114 Å². The second-order valence-corrected chi connectivity index (χ2v) is 9.13. The summed E-state index contributed by atoms with van der Waals surface area (Å²) >= 11 is 0. The van der Waals surface area contributed by atoms with Crippen molar-refractivity contribution in [3.8, 4) is 11.1 Å². The summed E-state index contributed by atoms with van der Waals surface area (Å²) in [6.07, 6.45) is 5.44. The smallest absolute Gasteiger partial charge is 0.178 e. The third-order valence-electron chi connectivity index (χ3n) is 6.02. The lowest BCUT2D eigenvalue weighted by molar-refractivity contribution is -0.379. The molecule has 0 radical (unpaired) electrons. The van der Waals surface area contributed by atoms with Crippen molar-refractivity contribution in [2.75, 3.05) is 6.61 Å². The Hall–Kier alpha value is -4.07. The Morgan fingerprint density at radius 2 is 1.81 bits per heavy atom. The standard InChI is InChI=1S/C29H29N5O2/c1-29(2)35-19-25(36-29)22-15-23(18-31-17-22)27(30)34-28(33-16-20-9-5-3-6-10-20)26-24(13-14-32-26)21-11-7-4-8-12-21/h3-15,17-18,25,32H,16,19H2,1-2H3,(H2,30,33,34)/p+1. The van der Waals surface area contributed by atoms with Crippen molar-refractivity contribution in [1.29, 1.82) is 0 Å². The van der Waals surface area contributed by atoms with Gasteiger partial charge < -0.3 is 20.2 Å². The number of benzene rings is 2.